The summed E-state index contributed by atoms with van der Waals surface area (Å²) < 4.78 is 11.3. The van der Waals surface area contributed by atoms with Gasteiger partial charge in [-0.25, -0.2) is 0 Å². The number of phenols is 1. The Balaban J connectivity index is 1.47. The molecule has 1 fully saturated rings. The first-order valence-corrected chi connectivity index (χ1v) is 10.8. The molecule has 3 rings (SSSR count). The van der Waals surface area contributed by atoms with E-state index in [2.05, 4.69) is 22.3 Å². The van der Waals surface area contributed by atoms with E-state index in [1.807, 2.05) is 13.8 Å². The molecule has 168 valence electrons. The third-order valence-corrected chi connectivity index (χ3v) is 5.39. The lowest BCUT2D eigenvalue weighted by Crippen LogP contribution is -2.41. The van der Waals surface area contributed by atoms with Crippen LogP contribution in [-0.2, 0) is 16.0 Å². The van der Waals surface area contributed by atoms with E-state index in [0.29, 0.717) is 25.1 Å². The summed E-state index contributed by atoms with van der Waals surface area (Å²) in [6.45, 7) is 8.47. The number of benzene rings is 2. The van der Waals surface area contributed by atoms with E-state index in [1.165, 1.54) is 0 Å². The lowest BCUT2D eigenvalue weighted by atomic mass is 10.0. The summed E-state index contributed by atoms with van der Waals surface area (Å²) >= 11 is 0. The number of aryl methyl sites for hydroxylation is 2. The second-order valence-corrected chi connectivity index (χ2v) is 8.13. The van der Waals surface area contributed by atoms with Gasteiger partial charge in [0.05, 0.1) is 13.2 Å². The third-order valence-electron chi connectivity index (χ3n) is 5.39. The first kappa shape index (κ1) is 23.1. The molecule has 0 aliphatic carbocycles. The second-order valence-electron chi connectivity index (χ2n) is 8.13. The second kappa shape index (κ2) is 11.1. The van der Waals surface area contributed by atoms with Crippen molar-refractivity contribution >= 4 is 5.91 Å². The molecule has 2 aromatic carbocycles. The number of nitrogens with one attached hydrogen (secondary N) is 1. The highest BCUT2D eigenvalue weighted by atomic mass is 16.5. The highest BCUT2D eigenvalue weighted by Gasteiger charge is 2.14. The van der Waals surface area contributed by atoms with Crippen molar-refractivity contribution in [1.29, 1.82) is 0 Å². The van der Waals surface area contributed by atoms with Crippen molar-refractivity contribution in [3.8, 4) is 17.2 Å². The summed E-state index contributed by atoms with van der Waals surface area (Å²) in [5.74, 6) is 1.72. The molecule has 1 heterocycles. The van der Waals surface area contributed by atoms with E-state index in [0.717, 1.165) is 55.3 Å². The number of aromatic hydroxyl groups is 1. The predicted molar refractivity (Wildman–Crippen MR) is 121 cm³/mol. The summed E-state index contributed by atoms with van der Waals surface area (Å²) in [4.78, 5) is 14.4. The maximum atomic E-state index is 12.1. The van der Waals surface area contributed by atoms with E-state index in [4.69, 9.17) is 15.2 Å². The van der Waals surface area contributed by atoms with Gasteiger partial charge in [-0.1, -0.05) is 12.1 Å². The van der Waals surface area contributed by atoms with Crippen LogP contribution in [0.1, 0.15) is 23.1 Å². The number of nitrogens with zero attached hydrogens (tertiary/aromatic N) is 1. The summed E-state index contributed by atoms with van der Waals surface area (Å²) in [6, 6.07) is 10.7. The molecule has 1 saturated heterocycles. The zero-order valence-electron chi connectivity index (χ0n) is 18.4. The van der Waals surface area contributed by atoms with Crippen LogP contribution in [0.25, 0.3) is 0 Å². The molecule has 31 heavy (non-hydrogen) atoms. The number of morpholine rings is 1. The summed E-state index contributed by atoms with van der Waals surface area (Å²) in [6.07, 6.45) is 1.15. The van der Waals surface area contributed by atoms with Gasteiger partial charge in [-0.05, 0) is 61.2 Å². The molecule has 1 unspecified atom stereocenters. The Labute approximate surface area is 184 Å². The van der Waals surface area contributed by atoms with Crippen LogP contribution in [-0.4, -0.2) is 61.3 Å². The molecule has 4 N–H and O–H groups in total. The van der Waals surface area contributed by atoms with Crippen LogP contribution in [0.4, 0.5) is 0 Å². The molecule has 1 atom stereocenters. The molecule has 0 aromatic heterocycles. The number of rotatable bonds is 9. The van der Waals surface area contributed by atoms with Crippen molar-refractivity contribution in [2.24, 2.45) is 5.73 Å². The molecule has 7 nitrogen and oxygen atoms in total. The highest BCUT2D eigenvalue weighted by Crippen LogP contribution is 2.30. The van der Waals surface area contributed by atoms with Gasteiger partial charge in [0.2, 0.25) is 5.91 Å². The van der Waals surface area contributed by atoms with Crippen LogP contribution in [0.2, 0.25) is 0 Å². The maximum Gasteiger partial charge on any atom is 0.221 e. The molecule has 7 heteroatoms. The largest absolute Gasteiger partial charge is 0.508 e. The maximum absolute atomic E-state index is 12.1. The van der Waals surface area contributed by atoms with Crippen LogP contribution in [0.5, 0.6) is 17.2 Å². The fourth-order valence-electron chi connectivity index (χ4n) is 3.74. The van der Waals surface area contributed by atoms with Gasteiger partial charge in [0.1, 0.15) is 17.2 Å². The molecular formula is C24H33N3O4. The minimum atomic E-state index is -0.157. The monoisotopic (exact) mass is 427 g/mol. The van der Waals surface area contributed by atoms with Crippen LogP contribution in [0, 0.1) is 13.8 Å². The Morgan fingerprint density at radius 2 is 1.84 bits per heavy atom. The van der Waals surface area contributed by atoms with E-state index in [-0.39, 0.29) is 17.7 Å². The summed E-state index contributed by atoms with van der Waals surface area (Å²) in [5.41, 5.74) is 9.42. The fraction of sp³-hybridized carbons (Fsp3) is 0.458. The number of hydrogen-bond donors (Lipinski definition) is 3. The summed E-state index contributed by atoms with van der Waals surface area (Å²) in [7, 11) is 0. The number of amides is 1. The molecular weight excluding hydrogens is 394 g/mol. The van der Waals surface area contributed by atoms with Crippen molar-refractivity contribution in [2.45, 2.75) is 32.7 Å². The van der Waals surface area contributed by atoms with Gasteiger partial charge in [0.15, 0.2) is 0 Å². The smallest absolute Gasteiger partial charge is 0.221 e. The number of hydrogen-bond acceptors (Lipinski definition) is 6. The lowest BCUT2D eigenvalue weighted by molar-refractivity contribution is -0.121. The average molecular weight is 428 g/mol. The molecule has 1 aliphatic heterocycles. The number of carbonyl (C=O) groups excluding carboxylic acids is 1. The molecule has 0 spiro atoms. The van der Waals surface area contributed by atoms with Crippen LogP contribution in [0.15, 0.2) is 36.4 Å². The van der Waals surface area contributed by atoms with Gasteiger partial charge in [-0.2, -0.15) is 0 Å². The fourth-order valence-corrected chi connectivity index (χ4v) is 3.74. The number of ether oxygens (including phenoxy) is 2. The van der Waals surface area contributed by atoms with Gasteiger partial charge in [0.25, 0.3) is 0 Å². The first-order chi connectivity index (χ1) is 14.9. The minimum Gasteiger partial charge on any atom is -0.508 e. The third kappa shape index (κ3) is 7.24. The number of carbonyl (C=O) groups is 1. The Hall–Kier alpha value is -2.61. The van der Waals surface area contributed by atoms with E-state index in [9.17, 15) is 9.90 Å². The molecule has 0 bridgehead atoms. The van der Waals surface area contributed by atoms with Gasteiger partial charge in [0, 0.05) is 38.6 Å². The molecule has 0 saturated carbocycles. The zero-order chi connectivity index (χ0) is 22.2. The Bertz CT molecular complexity index is 841. The van der Waals surface area contributed by atoms with Gasteiger partial charge >= 0.3 is 0 Å². The van der Waals surface area contributed by atoms with Crippen molar-refractivity contribution in [1.82, 2.24) is 10.2 Å². The highest BCUT2D eigenvalue weighted by molar-refractivity contribution is 5.76. The standard InChI is InChI=1S/C24H33N3O4/c1-17-13-19(14-18(2)24(17)31-22-5-3-21(28)4-6-22)15-20(25)16-26-23(29)7-8-27-9-11-30-12-10-27/h3-6,13-14,20,28H,7-12,15-16,25H2,1-2H3,(H,26,29). The number of phenolic OH excluding ortho intramolecular Hbond substituents is 1. The van der Waals surface area contributed by atoms with Crippen molar-refractivity contribution < 1.29 is 19.4 Å². The Morgan fingerprint density at radius 3 is 2.48 bits per heavy atom. The van der Waals surface area contributed by atoms with Crippen LogP contribution in [0.3, 0.4) is 0 Å². The van der Waals surface area contributed by atoms with Crippen LogP contribution < -0.4 is 15.8 Å². The van der Waals surface area contributed by atoms with E-state index >= 15 is 0 Å². The van der Waals surface area contributed by atoms with Gasteiger partial charge in [-0.15, -0.1) is 0 Å². The quantitative estimate of drug-likeness (QED) is 0.569. The van der Waals surface area contributed by atoms with Crippen molar-refractivity contribution in [3.05, 3.63) is 53.1 Å². The van der Waals surface area contributed by atoms with Gasteiger partial charge < -0.3 is 25.6 Å². The molecule has 0 radical (unpaired) electrons. The van der Waals surface area contributed by atoms with E-state index < -0.39 is 0 Å². The van der Waals surface area contributed by atoms with E-state index in [1.54, 1.807) is 24.3 Å². The topological polar surface area (TPSA) is 97.1 Å². The predicted octanol–water partition coefficient (Wildman–Crippen LogP) is 2.51. The Kier molecular flexibility index (Phi) is 8.28. The minimum absolute atomic E-state index is 0.0342. The lowest BCUT2D eigenvalue weighted by Gasteiger charge is -2.26. The SMILES string of the molecule is Cc1cc(CC(N)CNC(=O)CCN2CCOCC2)cc(C)c1Oc1ccc(O)cc1. The van der Waals surface area contributed by atoms with Gasteiger partial charge in [-0.3, -0.25) is 9.69 Å². The zero-order valence-corrected chi connectivity index (χ0v) is 18.4. The summed E-state index contributed by atoms with van der Waals surface area (Å²) in [5, 5.41) is 12.4. The molecule has 1 aliphatic rings. The Morgan fingerprint density at radius 1 is 1.19 bits per heavy atom. The molecule has 2 aromatic rings. The van der Waals surface area contributed by atoms with Crippen molar-refractivity contribution in [3.63, 3.8) is 0 Å². The molecule has 1 amide bonds. The van der Waals surface area contributed by atoms with Crippen molar-refractivity contribution in [2.75, 3.05) is 39.4 Å². The van der Waals surface area contributed by atoms with Crippen LogP contribution >= 0.6 is 0 Å². The normalized spacial score (nSPS) is 15.5. The first-order valence-electron chi connectivity index (χ1n) is 10.8. The average Bonchev–Trinajstić information content (AvgIpc) is 2.75. The number of nitrogens with two attached hydrogens (primary N) is 1.